The van der Waals surface area contributed by atoms with Crippen molar-refractivity contribution in [1.82, 2.24) is 4.31 Å². The molecule has 154 valence electrons. The van der Waals surface area contributed by atoms with Gasteiger partial charge < -0.3 is 10.1 Å². The fourth-order valence-corrected chi connectivity index (χ4v) is 4.77. The number of non-ortho nitro benzene ring substituents is 1. The van der Waals surface area contributed by atoms with E-state index < -0.39 is 20.9 Å². The molecule has 1 aliphatic heterocycles. The van der Waals surface area contributed by atoms with Gasteiger partial charge in [-0.15, -0.1) is 0 Å². The Balaban J connectivity index is 1.91. The summed E-state index contributed by atoms with van der Waals surface area (Å²) in [5, 5.41) is 13.5. The molecule has 1 N–H and O–H groups in total. The number of nitrogens with one attached hydrogen (secondary N) is 1. The van der Waals surface area contributed by atoms with Crippen LogP contribution in [0.15, 0.2) is 47.4 Å². The number of rotatable bonds is 7. The van der Waals surface area contributed by atoms with Crippen LogP contribution in [0.5, 0.6) is 5.75 Å². The average Bonchev–Trinajstić information content (AvgIpc) is 3.25. The maximum absolute atomic E-state index is 13.0. The second kappa shape index (κ2) is 8.58. The highest BCUT2D eigenvalue weighted by atomic mass is 32.2. The Kier molecular flexibility index (Phi) is 6.14. The molecular weight excluding hydrogens is 398 g/mol. The smallest absolute Gasteiger partial charge is 0.270 e. The van der Waals surface area contributed by atoms with Crippen LogP contribution in [-0.2, 0) is 10.0 Å². The van der Waals surface area contributed by atoms with Gasteiger partial charge in [0.25, 0.3) is 11.6 Å². The van der Waals surface area contributed by atoms with Gasteiger partial charge in [0, 0.05) is 36.5 Å². The Hall–Kier alpha value is -2.98. The third-order valence-corrected chi connectivity index (χ3v) is 6.42. The van der Waals surface area contributed by atoms with Crippen LogP contribution in [0.1, 0.15) is 30.1 Å². The van der Waals surface area contributed by atoms with Crippen molar-refractivity contribution in [3.8, 4) is 5.75 Å². The fourth-order valence-electron chi connectivity index (χ4n) is 3.09. The zero-order valence-corrected chi connectivity index (χ0v) is 16.6. The first-order valence-electron chi connectivity index (χ1n) is 9.15. The summed E-state index contributed by atoms with van der Waals surface area (Å²) in [5.74, 6) is -0.366. The average molecular weight is 419 g/mol. The van der Waals surface area contributed by atoms with Crippen LogP contribution in [0.3, 0.4) is 0 Å². The number of nitro benzene ring substituents is 1. The van der Waals surface area contributed by atoms with Crippen molar-refractivity contribution in [3.63, 3.8) is 0 Å². The van der Waals surface area contributed by atoms with Gasteiger partial charge in [-0.1, -0.05) is 6.07 Å². The summed E-state index contributed by atoms with van der Waals surface area (Å²) in [6.45, 7) is 2.93. The first-order chi connectivity index (χ1) is 13.8. The third kappa shape index (κ3) is 4.54. The molecule has 1 heterocycles. The van der Waals surface area contributed by atoms with Gasteiger partial charge in [0.1, 0.15) is 10.6 Å². The fraction of sp³-hybridized carbons (Fsp3) is 0.316. The van der Waals surface area contributed by atoms with Gasteiger partial charge in [-0.25, -0.2) is 8.42 Å². The second-order valence-corrected chi connectivity index (χ2v) is 8.37. The number of anilines is 1. The summed E-state index contributed by atoms with van der Waals surface area (Å²) < 4.78 is 32.9. The molecule has 0 unspecified atom stereocenters. The predicted octanol–water partition coefficient (Wildman–Crippen LogP) is 3.03. The molecular formula is C19H21N3O6S. The number of hydrogen-bond acceptors (Lipinski definition) is 6. The minimum Gasteiger partial charge on any atom is -0.492 e. The van der Waals surface area contributed by atoms with Crippen LogP contribution >= 0.6 is 0 Å². The van der Waals surface area contributed by atoms with Crippen LogP contribution < -0.4 is 10.1 Å². The lowest BCUT2D eigenvalue weighted by Gasteiger charge is -2.19. The topological polar surface area (TPSA) is 119 Å². The number of nitrogens with zero attached hydrogens (tertiary/aromatic N) is 2. The minimum atomic E-state index is -3.76. The number of hydrogen-bond donors (Lipinski definition) is 1. The van der Waals surface area contributed by atoms with Gasteiger partial charge in [0.05, 0.1) is 11.5 Å². The van der Waals surface area contributed by atoms with Gasteiger partial charge in [-0.05, 0) is 44.0 Å². The van der Waals surface area contributed by atoms with Crippen LogP contribution in [0, 0.1) is 10.1 Å². The SMILES string of the molecule is CCOc1ccc(NC(=O)c2cccc([N+](=O)[O-])c2)cc1S(=O)(=O)N1CCCC1. The molecule has 9 nitrogen and oxygen atoms in total. The molecule has 0 aliphatic carbocycles. The van der Waals surface area contributed by atoms with Gasteiger partial charge in [0.2, 0.25) is 10.0 Å². The molecule has 0 bridgehead atoms. The van der Waals surface area contributed by atoms with Crippen molar-refractivity contribution in [1.29, 1.82) is 0 Å². The van der Waals surface area contributed by atoms with Crippen molar-refractivity contribution < 1.29 is 22.9 Å². The zero-order valence-electron chi connectivity index (χ0n) is 15.8. The number of benzene rings is 2. The van der Waals surface area contributed by atoms with Crippen molar-refractivity contribution in [3.05, 3.63) is 58.1 Å². The summed E-state index contributed by atoms with van der Waals surface area (Å²) in [4.78, 5) is 22.8. The number of sulfonamides is 1. The Morgan fingerprint density at radius 2 is 1.93 bits per heavy atom. The Morgan fingerprint density at radius 1 is 1.21 bits per heavy atom. The first-order valence-corrected chi connectivity index (χ1v) is 10.6. The second-order valence-electron chi connectivity index (χ2n) is 6.47. The van der Waals surface area contributed by atoms with Crippen molar-refractivity contribution in [2.24, 2.45) is 0 Å². The molecule has 2 aromatic rings. The normalized spacial score (nSPS) is 14.5. The molecule has 0 aromatic heterocycles. The summed E-state index contributed by atoms with van der Waals surface area (Å²) in [6.07, 6.45) is 1.60. The van der Waals surface area contributed by atoms with E-state index in [1.807, 2.05) is 0 Å². The van der Waals surface area contributed by atoms with E-state index in [0.29, 0.717) is 19.7 Å². The summed E-state index contributed by atoms with van der Waals surface area (Å²) in [6, 6.07) is 9.68. The molecule has 29 heavy (non-hydrogen) atoms. The summed E-state index contributed by atoms with van der Waals surface area (Å²) in [7, 11) is -3.76. The van der Waals surface area contributed by atoms with E-state index in [2.05, 4.69) is 5.32 Å². The molecule has 0 spiro atoms. The van der Waals surface area contributed by atoms with Gasteiger partial charge >= 0.3 is 0 Å². The monoisotopic (exact) mass is 419 g/mol. The number of ether oxygens (including phenoxy) is 1. The van der Waals surface area contributed by atoms with Crippen LogP contribution in [0.2, 0.25) is 0 Å². The molecule has 2 aromatic carbocycles. The molecule has 10 heteroatoms. The summed E-state index contributed by atoms with van der Waals surface area (Å²) in [5.41, 5.74) is 0.140. The molecule has 0 saturated carbocycles. The van der Waals surface area contributed by atoms with E-state index >= 15 is 0 Å². The van der Waals surface area contributed by atoms with Gasteiger partial charge in [0.15, 0.2) is 0 Å². The molecule has 1 aliphatic rings. The maximum atomic E-state index is 13.0. The third-order valence-electron chi connectivity index (χ3n) is 4.50. The quantitative estimate of drug-likeness (QED) is 0.544. The standard InChI is InChI=1S/C19H21N3O6S/c1-2-28-17-9-8-15(13-18(17)29(26,27)21-10-3-4-11-21)20-19(23)14-6-5-7-16(12-14)22(24)25/h5-9,12-13H,2-4,10-11H2,1H3,(H,20,23). The van der Waals surface area contributed by atoms with Crippen molar-refractivity contribution in [2.75, 3.05) is 25.0 Å². The molecule has 3 rings (SSSR count). The number of carbonyl (C=O) groups excluding carboxylic acids is 1. The van der Waals surface area contributed by atoms with Gasteiger partial charge in [-0.2, -0.15) is 4.31 Å². The summed E-state index contributed by atoms with van der Waals surface area (Å²) >= 11 is 0. The van der Waals surface area contributed by atoms with E-state index in [4.69, 9.17) is 4.74 Å². The van der Waals surface area contributed by atoms with Crippen LogP contribution in [0.4, 0.5) is 11.4 Å². The Labute approximate surface area is 168 Å². The van der Waals surface area contributed by atoms with Crippen molar-refractivity contribution >= 4 is 27.3 Å². The largest absolute Gasteiger partial charge is 0.492 e. The minimum absolute atomic E-state index is 0.0157. The zero-order chi connectivity index (χ0) is 21.0. The highest BCUT2D eigenvalue weighted by Gasteiger charge is 2.30. The van der Waals surface area contributed by atoms with E-state index in [-0.39, 0.29) is 27.6 Å². The van der Waals surface area contributed by atoms with E-state index in [9.17, 15) is 23.3 Å². The number of amides is 1. The molecule has 1 amide bonds. The highest BCUT2D eigenvalue weighted by molar-refractivity contribution is 7.89. The molecule has 1 fully saturated rings. The van der Waals surface area contributed by atoms with E-state index in [1.165, 1.54) is 40.7 Å². The maximum Gasteiger partial charge on any atom is 0.270 e. The molecule has 0 radical (unpaired) electrons. The van der Waals surface area contributed by atoms with E-state index in [0.717, 1.165) is 18.9 Å². The molecule has 0 atom stereocenters. The lowest BCUT2D eigenvalue weighted by atomic mass is 10.2. The first kappa shape index (κ1) is 20.7. The van der Waals surface area contributed by atoms with Crippen molar-refractivity contribution in [2.45, 2.75) is 24.7 Å². The Bertz CT molecular complexity index is 1030. The van der Waals surface area contributed by atoms with Crippen LogP contribution in [-0.4, -0.2) is 43.2 Å². The predicted molar refractivity (Wildman–Crippen MR) is 107 cm³/mol. The Morgan fingerprint density at radius 3 is 2.59 bits per heavy atom. The number of carbonyl (C=O) groups is 1. The lowest BCUT2D eigenvalue weighted by molar-refractivity contribution is -0.384. The van der Waals surface area contributed by atoms with E-state index in [1.54, 1.807) is 6.92 Å². The highest BCUT2D eigenvalue weighted by Crippen LogP contribution is 2.32. The molecule has 1 saturated heterocycles. The lowest BCUT2D eigenvalue weighted by Crippen LogP contribution is -2.28. The number of nitro groups is 1. The van der Waals surface area contributed by atoms with Gasteiger partial charge in [-0.3, -0.25) is 14.9 Å². The van der Waals surface area contributed by atoms with Crippen LogP contribution in [0.25, 0.3) is 0 Å².